The van der Waals surface area contributed by atoms with E-state index >= 15 is 0 Å². The van der Waals surface area contributed by atoms with Gasteiger partial charge in [0.15, 0.2) is 24.8 Å². The minimum atomic E-state index is 0.751. The van der Waals surface area contributed by atoms with Crippen molar-refractivity contribution in [3.05, 3.63) is 108 Å². The Hall–Kier alpha value is -4.70. The van der Waals surface area contributed by atoms with E-state index < -0.39 is 0 Å². The number of H-pyrrole nitrogens is 2. The average Bonchev–Trinajstić information content (AvgIpc) is 3.54. The molecule has 0 aliphatic heterocycles. The Morgan fingerprint density at radius 3 is 1.38 bits per heavy atom. The lowest BCUT2D eigenvalue weighted by Crippen LogP contribution is -2.50. The second kappa shape index (κ2) is 7.90. The van der Waals surface area contributed by atoms with Crippen molar-refractivity contribution in [3.63, 3.8) is 0 Å². The molecule has 0 saturated carbocycles. The molecule has 4 aromatic heterocycles. The monoisotopic (exact) mass is 506 g/mol. The van der Waals surface area contributed by atoms with Gasteiger partial charge in [0.2, 0.25) is 0 Å². The van der Waals surface area contributed by atoms with Crippen molar-refractivity contribution >= 4 is 65.2 Å². The van der Waals surface area contributed by atoms with Crippen LogP contribution in [0.4, 0.5) is 0 Å². The van der Waals surface area contributed by atoms with Crippen LogP contribution in [0.3, 0.4) is 0 Å². The Morgan fingerprint density at radius 2 is 0.923 bits per heavy atom. The molecule has 39 heavy (non-hydrogen) atoms. The second-order valence-electron chi connectivity index (χ2n) is 11.1. The molecule has 0 aliphatic rings. The van der Waals surface area contributed by atoms with E-state index in [1.54, 1.807) is 0 Å². The summed E-state index contributed by atoms with van der Waals surface area (Å²) in [5.74, 6) is 0. The SMILES string of the molecule is Cc1c2cc[n+](C[n+]3ccc4c(C)c5[nH]c6ccccc6c5c(C)c4c3)cc2c(C)c2c1[nH]c1ccccc12. The first-order chi connectivity index (χ1) is 19.0. The van der Waals surface area contributed by atoms with Crippen LogP contribution in [0.2, 0.25) is 0 Å². The van der Waals surface area contributed by atoms with Crippen molar-refractivity contribution < 1.29 is 9.13 Å². The molecular weight excluding hydrogens is 476 g/mol. The van der Waals surface area contributed by atoms with Crippen LogP contribution in [0.25, 0.3) is 65.2 Å². The highest BCUT2D eigenvalue weighted by Crippen LogP contribution is 2.37. The van der Waals surface area contributed by atoms with Gasteiger partial charge in [0, 0.05) is 55.5 Å². The van der Waals surface area contributed by atoms with Gasteiger partial charge < -0.3 is 9.97 Å². The van der Waals surface area contributed by atoms with E-state index in [1.165, 1.54) is 87.4 Å². The Labute approximate surface area is 226 Å². The van der Waals surface area contributed by atoms with E-state index in [9.17, 15) is 0 Å². The van der Waals surface area contributed by atoms with Gasteiger partial charge in [0.05, 0.1) is 11.0 Å². The van der Waals surface area contributed by atoms with E-state index in [-0.39, 0.29) is 0 Å². The number of rotatable bonds is 2. The standard InChI is InChI=1S/C35H28N4/c1-20-28-17-38(15-13-24(28)22(3)34-32(20)26-9-5-7-11-30(26)36-34)19-39-16-14-25-23(4)35-33(21(2)29(25)18-39)27-10-6-8-12-31(27)37-35/h5-18H,19H2,1-4H3/p+2. The van der Waals surface area contributed by atoms with Gasteiger partial charge in [0.1, 0.15) is 0 Å². The smallest absolute Gasteiger partial charge is 0.343 e. The number of aromatic amines is 2. The Balaban J connectivity index is 1.29. The number of fused-ring (bicyclic) bond motifs is 8. The van der Waals surface area contributed by atoms with Gasteiger partial charge in [-0.25, -0.2) is 0 Å². The first kappa shape index (κ1) is 22.3. The van der Waals surface area contributed by atoms with Crippen molar-refractivity contribution in [2.45, 2.75) is 34.4 Å². The maximum atomic E-state index is 3.67. The van der Waals surface area contributed by atoms with E-state index in [4.69, 9.17) is 0 Å². The van der Waals surface area contributed by atoms with E-state index in [0.717, 1.165) is 6.67 Å². The molecule has 4 aromatic carbocycles. The van der Waals surface area contributed by atoms with Gasteiger partial charge in [-0.1, -0.05) is 36.4 Å². The molecule has 8 rings (SSSR count). The van der Waals surface area contributed by atoms with E-state index in [2.05, 4.69) is 132 Å². The maximum absolute atomic E-state index is 3.67. The molecule has 0 spiro atoms. The van der Waals surface area contributed by atoms with E-state index in [1.807, 2.05) is 0 Å². The van der Waals surface area contributed by atoms with Crippen molar-refractivity contribution in [1.82, 2.24) is 9.97 Å². The zero-order chi connectivity index (χ0) is 26.4. The molecule has 2 N–H and O–H groups in total. The topological polar surface area (TPSA) is 39.3 Å². The van der Waals surface area contributed by atoms with Crippen molar-refractivity contribution in [3.8, 4) is 0 Å². The molecular formula is C35H30N4+2. The number of para-hydroxylation sites is 2. The minimum Gasteiger partial charge on any atom is -0.354 e. The molecule has 0 aliphatic carbocycles. The second-order valence-corrected chi connectivity index (χ2v) is 11.1. The van der Waals surface area contributed by atoms with Crippen LogP contribution in [0.15, 0.2) is 85.5 Å². The fraction of sp³-hybridized carbons (Fsp3) is 0.143. The van der Waals surface area contributed by atoms with Crippen LogP contribution in [-0.4, -0.2) is 9.97 Å². The summed E-state index contributed by atoms with van der Waals surface area (Å²) in [6.07, 6.45) is 9.05. The number of benzene rings is 4. The largest absolute Gasteiger partial charge is 0.354 e. The Morgan fingerprint density at radius 1 is 0.487 bits per heavy atom. The third-order valence-electron chi connectivity index (χ3n) is 8.89. The van der Waals surface area contributed by atoms with Gasteiger partial charge in [-0.05, 0) is 72.9 Å². The third kappa shape index (κ3) is 3.06. The van der Waals surface area contributed by atoms with Gasteiger partial charge in [-0.2, -0.15) is 0 Å². The van der Waals surface area contributed by atoms with Crippen LogP contribution in [-0.2, 0) is 6.67 Å². The number of nitrogens with zero attached hydrogens (tertiary/aromatic N) is 2. The molecule has 0 bridgehead atoms. The number of nitrogens with one attached hydrogen (secondary N) is 2. The lowest BCUT2D eigenvalue weighted by atomic mass is 9.97. The summed E-state index contributed by atoms with van der Waals surface area (Å²) in [5, 5.41) is 10.5. The number of aromatic nitrogens is 4. The average molecular weight is 507 g/mol. The van der Waals surface area contributed by atoms with Crippen molar-refractivity contribution in [2.24, 2.45) is 0 Å². The van der Waals surface area contributed by atoms with E-state index in [0.29, 0.717) is 0 Å². The molecule has 0 amide bonds. The zero-order valence-corrected chi connectivity index (χ0v) is 22.7. The molecule has 0 unspecified atom stereocenters. The number of hydrogen-bond acceptors (Lipinski definition) is 0. The Bertz CT molecular complexity index is 2140. The highest BCUT2D eigenvalue weighted by Gasteiger charge is 2.20. The number of hydrogen-bond donors (Lipinski definition) is 2. The highest BCUT2D eigenvalue weighted by molar-refractivity contribution is 6.17. The molecule has 0 atom stereocenters. The van der Waals surface area contributed by atoms with Crippen LogP contribution in [0.5, 0.6) is 0 Å². The number of pyridine rings is 2. The van der Waals surface area contributed by atoms with Gasteiger partial charge in [-0.15, -0.1) is 9.13 Å². The summed E-state index contributed by atoms with van der Waals surface area (Å²) in [6, 6.07) is 21.8. The summed E-state index contributed by atoms with van der Waals surface area (Å²) in [4.78, 5) is 7.34. The predicted octanol–water partition coefficient (Wildman–Crippen LogP) is 7.58. The Kier molecular flexibility index (Phi) is 4.52. The maximum Gasteiger partial charge on any atom is 0.343 e. The minimum absolute atomic E-state index is 0.751. The zero-order valence-electron chi connectivity index (χ0n) is 22.7. The van der Waals surface area contributed by atoms with Crippen LogP contribution in [0.1, 0.15) is 22.3 Å². The molecule has 188 valence electrons. The predicted molar refractivity (Wildman–Crippen MR) is 161 cm³/mol. The molecule has 0 saturated heterocycles. The van der Waals surface area contributed by atoms with Gasteiger partial charge >= 0.3 is 6.67 Å². The fourth-order valence-corrected chi connectivity index (χ4v) is 6.86. The normalized spacial score (nSPS) is 12.2. The summed E-state index contributed by atoms with van der Waals surface area (Å²) >= 11 is 0. The lowest BCUT2D eigenvalue weighted by molar-refractivity contribution is -0.912. The van der Waals surface area contributed by atoms with Crippen LogP contribution >= 0.6 is 0 Å². The summed E-state index contributed by atoms with van der Waals surface area (Å²) in [7, 11) is 0. The molecule has 8 aromatic rings. The summed E-state index contributed by atoms with van der Waals surface area (Å²) in [5.41, 5.74) is 10.2. The van der Waals surface area contributed by atoms with Crippen LogP contribution in [0, 0.1) is 27.7 Å². The summed E-state index contributed by atoms with van der Waals surface area (Å²) in [6.45, 7) is 9.74. The summed E-state index contributed by atoms with van der Waals surface area (Å²) < 4.78 is 4.60. The first-order valence-electron chi connectivity index (χ1n) is 13.6. The van der Waals surface area contributed by atoms with Crippen molar-refractivity contribution in [1.29, 1.82) is 0 Å². The molecule has 4 heterocycles. The highest BCUT2D eigenvalue weighted by atomic mass is 15.1. The molecule has 4 nitrogen and oxygen atoms in total. The van der Waals surface area contributed by atoms with Gasteiger partial charge in [0.25, 0.3) is 0 Å². The first-order valence-corrected chi connectivity index (χ1v) is 13.6. The van der Waals surface area contributed by atoms with Crippen LogP contribution < -0.4 is 9.13 Å². The third-order valence-corrected chi connectivity index (χ3v) is 8.89. The molecule has 0 fully saturated rings. The molecule has 4 heteroatoms. The van der Waals surface area contributed by atoms with Crippen molar-refractivity contribution in [2.75, 3.05) is 0 Å². The quantitative estimate of drug-likeness (QED) is 0.227. The lowest BCUT2D eigenvalue weighted by Gasteiger charge is -2.09. The number of aryl methyl sites for hydroxylation is 4. The molecule has 0 radical (unpaired) electrons. The van der Waals surface area contributed by atoms with Gasteiger partial charge in [-0.3, -0.25) is 0 Å². The fourth-order valence-electron chi connectivity index (χ4n) is 6.86.